The van der Waals surface area contributed by atoms with Gasteiger partial charge in [0.1, 0.15) is 11.6 Å². The minimum atomic E-state index is -0.578. The monoisotopic (exact) mass is 314 g/mol. The molecule has 0 aromatic heterocycles. The molecule has 0 heterocycles. The average molecular weight is 314 g/mol. The van der Waals surface area contributed by atoms with Crippen LogP contribution >= 0.6 is 0 Å². The lowest BCUT2D eigenvalue weighted by Crippen LogP contribution is -2.40. The number of hydrogen-bond donors (Lipinski definition) is 0. The second kappa shape index (κ2) is 6.25. The number of hydrogen-bond acceptors (Lipinski definition) is 1. The second-order valence-corrected chi connectivity index (χ2v) is 6.41. The van der Waals surface area contributed by atoms with E-state index in [9.17, 15) is 8.78 Å². The van der Waals surface area contributed by atoms with Crippen LogP contribution in [0, 0.1) is 11.6 Å². The Morgan fingerprint density at radius 2 is 1.70 bits per heavy atom. The van der Waals surface area contributed by atoms with E-state index in [1.807, 2.05) is 25.1 Å². The molecule has 120 valence electrons. The summed E-state index contributed by atoms with van der Waals surface area (Å²) in [6.07, 6.45) is 1.41. The zero-order chi connectivity index (χ0) is 16.4. The van der Waals surface area contributed by atoms with Crippen molar-refractivity contribution in [2.24, 2.45) is 0 Å². The van der Waals surface area contributed by atoms with Crippen LogP contribution in [0.15, 0.2) is 60.7 Å². The molecular formula is C20H20F2O. The summed E-state index contributed by atoms with van der Waals surface area (Å²) in [5.74, 6) is -1.16. The Labute approximate surface area is 135 Å². The molecule has 0 amide bonds. The van der Waals surface area contributed by atoms with Crippen molar-refractivity contribution < 1.29 is 13.5 Å². The van der Waals surface area contributed by atoms with Crippen LogP contribution < -0.4 is 0 Å². The van der Waals surface area contributed by atoms with E-state index in [-0.39, 0.29) is 11.5 Å². The van der Waals surface area contributed by atoms with Gasteiger partial charge in [-0.05, 0) is 43.0 Å². The Balaban J connectivity index is 1.74. The van der Waals surface area contributed by atoms with Gasteiger partial charge in [0.15, 0.2) is 0 Å². The topological polar surface area (TPSA) is 9.23 Å². The Kier molecular flexibility index (Phi) is 4.31. The summed E-state index contributed by atoms with van der Waals surface area (Å²) in [6, 6.07) is 13.7. The van der Waals surface area contributed by atoms with E-state index in [0.717, 1.165) is 18.9 Å². The lowest BCUT2D eigenvalue weighted by Gasteiger charge is -2.44. The van der Waals surface area contributed by atoms with E-state index >= 15 is 0 Å². The third-order valence-corrected chi connectivity index (χ3v) is 4.53. The Hall–Kier alpha value is -2.00. The highest BCUT2D eigenvalue weighted by molar-refractivity contribution is 5.36. The molecular weight excluding hydrogens is 294 g/mol. The van der Waals surface area contributed by atoms with Gasteiger partial charge in [-0.25, -0.2) is 8.78 Å². The van der Waals surface area contributed by atoms with Crippen LogP contribution in [0.2, 0.25) is 0 Å². The predicted molar refractivity (Wildman–Crippen MR) is 87.2 cm³/mol. The smallest absolute Gasteiger partial charge is 0.126 e. The number of ether oxygens (including phenoxy) is 1. The Morgan fingerprint density at radius 3 is 2.26 bits per heavy atom. The van der Waals surface area contributed by atoms with Crippen LogP contribution in [0.5, 0.6) is 0 Å². The van der Waals surface area contributed by atoms with Crippen LogP contribution in [-0.4, -0.2) is 6.61 Å². The minimum Gasteiger partial charge on any atom is -0.373 e. The molecule has 23 heavy (non-hydrogen) atoms. The van der Waals surface area contributed by atoms with E-state index in [0.29, 0.717) is 12.2 Å². The zero-order valence-electron chi connectivity index (χ0n) is 13.2. The van der Waals surface area contributed by atoms with Gasteiger partial charge in [-0.2, -0.15) is 0 Å². The molecule has 3 heteroatoms. The van der Waals surface area contributed by atoms with Gasteiger partial charge in [0.25, 0.3) is 0 Å². The molecule has 1 atom stereocenters. The van der Waals surface area contributed by atoms with Gasteiger partial charge in [-0.3, -0.25) is 0 Å². The fourth-order valence-electron chi connectivity index (χ4n) is 3.28. The highest BCUT2D eigenvalue weighted by Gasteiger charge is 2.41. The summed E-state index contributed by atoms with van der Waals surface area (Å²) in [5, 5.41) is 0. The molecule has 1 fully saturated rings. The predicted octanol–water partition coefficient (Wildman–Crippen LogP) is 5.33. The van der Waals surface area contributed by atoms with Gasteiger partial charge in [0.2, 0.25) is 0 Å². The summed E-state index contributed by atoms with van der Waals surface area (Å²) < 4.78 is 32.7. The third kappa shape index (κ3) is 3.35. The molecule has 1 saturated carbocycles. The summed E-state index contributed by atoms with van der Waals surface area (Å²) in [7, 11) is 0. The molecule has 1 nitrogen and oxygen atoms in total. The van der Waals surface area contributed by atoms with Crippen molar-refractivity contribution in [3.8, 4) is 0 Å². The maximum Gasteiger partial charge on any atom is 0.126 e. The minimum absolute atomic E-state index is 0.0710. The number of allylic oxidation sites excluding steroid dienone is 1. The van der Waals surface area contributed by atoms with Gasteiger partial charge in [0, 0.05) is 11.5 Å². The molecule has 0 saturated heterocycles. The summed E-state index contributed by atoms with van der Waals surface area (Å²) >= 11 is 0. The summed E-state index contributed by atoms with van der Waals surface area (Å²) in [5.41, 5.74) is 2.88. The molecule has 1 aliphatic rings. The lowest BCUT2D eigenvalue weighted by molar-refractivity contribution is 0.0140. The van der Waals surface area contributed by atoms with Crippen LogP contribution in [0.1, 0.15) is 37.0 Å². The molecule has 0 spiro atoms. The SMILES string of the molecule is C=C1CC(COC(C)c2cc(F)cc(F)c2)(c2ccccc2)C1. The van der Waals surface area contributed by atoms with E-state index in [2.05, 4.69) is 18.7 Å². The Bertz CT molecular complexity index is 681. The molecule has 0 bridgehead atoms. The molecule has 0 radical (unpaired) electrons. The maximum atomic E-state index is 13.3. The highest BCUT2D eigenvalue weighted by atomic mass is 19.1. The van der Waals surface area contributed by atoms with Crippen LogP contribution in [0.4, 0.5) is 8.78 Å². The largest absolute Gasteiger partial charge is 0.373 e. The molecule has 0 aliphatic heterocycles. The van der Waals surface area contributed by atoms with Crippen molar-refractivity contribution in [2.75, 3.05) is 6.61 Å². The van der Waals surface area contributed by atoms with Gasteiger partial charge in [0.05, 0.1) is 12.7 Å². The van der Waals surface area contributed by atoms with Crippen molar-refractivity contribution in [3.63, 3.8) is 0 Å². The summed E-state index contributed by atoms with van der Waals surface area (Å²) in [4.78, 5) is 0. The van der Waals surface area contributed by atoms with Gasteiger partial charge < -0.3 is 4.74 Å². The van der Waals surface area contributed by atoms with Crippen LogP contribution in [0.3, 0.4) is 0 Å². The first kappa shape index (κ1) is 15.9. The first-order valence-corrected chi connectivity index (χ1v) is 7.78. The van der Waals surface area contributed by atoms with Crippen LogP contribution in [-0.2, 0) is 10.2 Å². The van der Waals surface area contributed by atoms with Crippen molar-refractivity contribution in [1.82, 2.24) is 0 Å². The standard InChI is InChI=1S/C20H20F2O/c1-14-11-20(12-14,17-6-4-3-5-7-17)13-23-15(2)16-8-18(21)10-19(22)9-16/h3-10,15H,1,11-13H2,2H3. The van der Waals surface area contributed by atoms with Crippen molar-refractivity contribution in [1.29, 1.82) is 0 Å². The quantitative estimate of drug-likeness (QED) is 0.678. The van der Waals surface area contributed by atoms with Gasteiger partial charge >= 0.3 is 0 Å². The maximum absolute atomic E-state index is 13.3. The van der Waals surface area contributed by atoms with Crippen molar-refractivity contribution in [3.05, 3.63) is 83.4 Å². The fourth-order valence-corrected chi connectivity index (χ4v) is 3.28. The van der Waals surface area contributed by atoms with Gasteiger partial charge in [-0.1, -0.05) is 42.5 Å². The lowest BCUT2D eigenvalue weighted by atomic mass is 9.62. The number of halogens is 2. The van der Waals surface area contributed by atoms with E-state index in [1.165, 1.54) is 23.3 Å². The summed E-state index contributed by atoms with van der Waals surface area (Å²) in [6.45, 7) is 6.36. The highest BCUT2D eigenvalue weighted by Crippen LogP contribution is 2.47. The first-order chi connectivity index (χ1) is 11.0. The number of benzene rings is 2. The van der Waals surface area contributed by atoms with Gasteiger partial charge in [-0.15, -0.1) is 0 Å². The Morgan fingerprint density at radius 1 is 1.09 bits per heavy atom. The molecule has 1 unspecified atom stereocenters. The number of rotatable bonds is 5. The first-order valence-electron chi connectivity index (χ1n) is 7.78. The van der Waals surface area contributed by atoms with Crippen molar-refractivity contribution >= 4 is 0 Å². The van der Waals surface area contributed by atoms with E-state index in [1.54, 1.807) is 0 Å². The van der Waals surface area contributed by atoms with Crippen molar-refractivity contribution in [2.45, 2.75) is 31.3 Å². The molecule has 2 aromatic rings. The molecule has 2 aromatic carbocycles. The molecule has 1 aliphatic carbocycles. The van der Waals surface area contributed by atoms with E-state index < -0.39 is 11.6 Å². The fraction of sp³-hybridized carbons (Fsp3) is 0.300. The van der Waals surface area contributed by atoms with Crippen LogP contribution in [0.25, 0.3) is 0 Å². The third-order valence-electron chi connectivity index (χ3n) is 4.53. The average Bonchev–Trinajstić information content (AvgIpc) is 2.50. The van der Waals surface area contributed by atoms with E-state index in [4.69, 9.17) is 4.74 Å². The molecule has 0 N–H and O–H groups in total. The normalized spacial score (nSPS) is 17.6. The second-order valence-electron chi connectivity index (χ2n) is 6.41. The molecule has 3 rings (SSSR count). The zero-order valence-corrected chi connectivity index (χ0v) is 13.2.